The Morgan fingerprint density at radius 1 is 1.25 bits per heavy atom. The predicted octanol–water partition coefficient (Wildman–Crippen LogP) is 2.35. The van der Waals surface area contributed by atoms with E-state index >= 15 is 0 Å². The predicted molar refractivity (Wildman–Crippen MR) is 107 cm³/mol. The van der Waals surface area contributed by atoms with Crippen LogP contribution in [0.25, 0.3) is 11.4 Å². The third kappa shape index (κ3) is 4.28. The SMILES string of the molecule is CCOc1ccccc1NC(=O)CSc1nnc(-c2cn(C)nc2OC)n1C. The van der Waals surface area contributed by atoms with Gasteiger partial charge in [-0.25, -0.2) is 0 Å². The molecule has 0 aliphatic heterocycles. The maximum absolute atomic E-state index is 12.4. The highest BCUT2D eigenvalue weighted by atomic mass is 32.2. The topological polar surface area (TPSA) is 96.1 Å². The second kappa shape index (κ2) is 8.79. The number of nitrogens with one attached hydrogen (secondary N) is 1. The van der Waals surface area contributed by atoms with Crippen LogP contribution in [-0.4, -0.2) is 49.9 Å². The van der Waals surface area contributed by atoms with Crippen LogP contribution in [0, 0.1) is 0 Å². The highest BCUT2D eigenvalue weighted by Crippen LogP contribution is 2.29. The fourth-order valence-electron chi connectivity index (χ4n) is 2.62. The Labute approximate surface area is 167 Å². The Balaban J connectivity index is 1.67. The number of nitrogens with zero attached hydrogens (tertiary/aromatic N) is 5. The molecule has 9 nitrogen and oxygen atoms in total. The maximum Gasteiger partial charge on any atom is 0.243 e. The number of thioether (sulfide) groups is 1. The van der Waals surface area contributed by atoms with Gasteiger partial charge < -0.3 is 19.4 Å². The zero-order valence-corrected chi connectivity index (χ0v) is 17.0. The Bertz CT molecular complexity index is 968. The lowest BCUT2D eigenvalue weighted by Crippen LogP contribution is -2.15. The number of carbonyl (C=O) groups is 1. The van der Waals surface area contributed by atoms with Crippen LogP contribution in [0.2, 0.25) is 0 Å². The van der Waals surface area contributed by atoms with E-state index in [1.807, 2.05) is 56.0 Å². The molecule has 1 N–H and O–H groups in total. The van der Waals surface area contributed by atoms with Crippen LogP contribution in [0.1, 0.15) is 6.92 Å². The van der Waals surface area contributed by atoms with Gasteiger partial charge in [-0.05, 0) is 19.1 Å². The van der Waals surface area contributed by atoms with Crippen molar-refractivity contribution in [1.29, 1.82) is 0 Å². The van der Waals surface area contributed by atoms with Gasteiger partial charge in [0.05, 0.1) is 25.2 Å². The van der Waals surface area contributed by atoms with E-state index in [2.05, 4.69) is 20.6 Å². The molecule has 0 saturated heterocycles. The van der Waals surface area contributed by atoms with E-state index in [0.717, 1.165) is 5.56 Å². The number of aromatic nitrogens is 5. The van der Waals surface area contributed by atoms with Gasteiger partial charge in [0.2, 0.25) is 11.8 Å². The lowest BCUT2D eigenvalue weighted by atomic mass is 10.3. The number of amides is 1. The molecular formula is C18H22N6O3S. The molecule has 0 aliphatic carbocycles. The molecule has 148 valence electrons. The van der Waals surface area contributed by atoms with Gasteiger partial charge >= 0.3 is 0 Å². The second-order valence-electron chi connectivity index (χ2n) is 5.86. The monoisotopic (exact) mass is 402 g/mol. The number of methoxy groups -OCH3 is 1. The molecule has 0 unspecified atom stereocenters. The molecule has 10 heteroatoms. The van der Waals surface area contributed by atoms with Crippen LogP contribution in [-0.2, 0) is 18.9 Å². The zero-order valence-electron chi connectivity index (χ0n) is 16.2. The number of benzene rings is 1. The number of hydrogen-bond acceptors (Lipinski definition) is 7. The van der Waals surface area contributed by atoms with E-state index in [1.165, 1.54) is 11.8 Å². The molecule has 0 radical (unpaired) electrons. The van der Waals surface area contributed by atoms with Crippen molar-refractivity contribution < 1.29 is 14.3 Å². The minimum absolute atomic E-state index is 0.152. The summed E-state index contributed by atoms with van der Waals surface area (Å²) in [4.78, 5) is 12.4. The summed E-state index contributed by atoms with van der Waals surface area (Å²) < 4.78 is 14.3. The van der Waals surface area contributed by atoms with Crippen LogP contribution in [0.4, 0.5) is 5.69 Å². The fourth-order valence-corrected chi connectivity index (χ4v) is 3.33. The number of aryl methyl sites for hydroxylation is 1. The Kier molecular flexibility index (Phi) is 6.19. The first-order valence-corrected chi connectivity index (χ1v) is 9.64. The van der Waals surface area contributed by atoms with Crippen molar-refractivity contribution in [1.82, 2.24) is 24.5 Å². The van der Waals surface area contributed by atoms with Gasteiger partial charge in [-0.15, -0.1) is 15.3 Å². The van der Waals surface area contributed by atoms with E-state index in [4.69, 9.17) is 9.47 Å². The van der Waals surface area contributed by atoms with Crippen LogP contribution in [0.15, 0.2) is 35.6 Å². The molecule has 0 spiro atoms. The summed E-state index contributed by atoms with van der Waals surface area (Å²) in [5.41, 5.74) is 1.38. The van der Waals surface area contributed by atoms with Gasteiger partial charge in [0.25, 0.3) is 0 Å². The average molecular weight is 402 g/mol. The average Bonchev–Trinajstić information content (AvgIpc) is 3.23. The standard InChI is InChI=1S/C18H22N6O3S/c1-5-27-14-9-7-6-8-13(14)19-15(25)11-28-18-21-20-16(24(18)3)12-10-23(2)22-17(12)26-4/h6-10H,5,11H2,1-4H3,(H,19,25). The van der Waals surface area contributed by atoms with Gasteiger partial charge in [-0.3, -0.25) is 9.48 Å². The first kappa shape index (κ1) is 19.7. The van der Waals surface area contributed by atoms with Gasteiger partial charge in [0.15, 0.2) is 11.0 Å². The second-order valence-corrected chi connectivity index (χ2v) is 6.80. The third-order valence-corrected chi connectivity index (χ3v) is 4.88. The molecule has 28 heavy (non-hydrogen) atoms. The number of anilines is 1. The molecule has 0 atom stereocenters. The molecule has 1 aromatic carbocycles. The van der Waals surface area contributed by atoms with E-state index in [-0.39, 0.29) is 11.7 Å². The molecule has 0 aliphatic rings. The normalized spacial score (nSPS) is 10.7. The quantitative estimate of drug-likeness (QED) is 0.578. The minimum Gasteiger partial charge on any atom is -0.492 e. The summed E-state index contributed by atoms with van der Waals surface area (Å²) >= 11 is 1.30. The lowest BCUT2D eigenvalue weighted by molar-refractivity contribution is -0.113. The molecule has 0 bridgehead atoms. The number of para-hydroxylation sites is 2. The van der Waals surface area contributed by atoms with Crippen molar-refractivity contribution in [2.75, 3.05) is 24.8 Å². The van der Waals surface area contributed by atoms with Crippen LogP contribution < -0.4 is 14.8 Å². The molecule has 3 rings (SSSR count). The molecule has 3 aromatic rings. The molecule has 2 aromatic heterocycles. The van der Waals surface area contributed by atoms with E-state index in [1.54, 1.807) is 11.8 Å². The van der Waals surface area contributed by atoms with Crippen molar-refractivity contribution in [3.8, 4) is 23.0 Å². The first-order chi connectivity index (χ1) is 13.5. The summed E-state index contributed by atoms with van der Waals surface area (Å²) in [5.74, 6) is 1.78. The molecule has 0 fully saturated rings. The lowest BCUT2D eigenvalue weighted by Gasteiger charge is -2.11. The molecular weight excluding hydrogens is 380 g/mol. The van der Waals surface area contributed by atoms with Gasteiger partial charge in [-0.2, -0.15) is 0 Å². The third-order valence-electron chi connectivity index (χ3n) is 3.86. The van der Waals surface area contributed by atoms with Gasteiger partial charge in [0.1, 0.15) is 11.3 Å². The largest absolute Gasteiger partial charge is 0.492 e. The highest BCUT2D eigenvalue weighted by molar-refractivity contribution is 7.99. The number of hydrogen-bond donors (Lipinski definition) is 1. The Hall–Kier alpha value is -3.01. The van der Waals surface area contributed by atoms with Gasteiger partial charge in [0, 0.05) is 20.3 Å². The van der Waals surface area contributed by atoms with Crippen molar-refractivity contribution >= 4 is 23.4 Å². The summed E-state index contributed by atoms with van der Waals surface area (Å²) in [6, 6.07) is 7.34. The minimum atomic E-state index is -0.152. The summed E-state index contributed by atoms with van der Waals surface area (Å²) in [7, 11) is 5.21. The Morgan fingerprint density at radius 2 is 2.04 bits per heavy atom. The van der Waals surface area contributed by atoms with Gasteiger partial charge in [-0.1, -0.05) is 23.9 Å². The van der Waals surface area contributed by atoms with Crippen molar-refractivity contribution in [3.63, 3.8) is 0 Å². The van der Waals surface area contributed by atoms with E-state index < -0.39 is 0 Å². The van der Waals surface area contributed by atoms with Crippen LogP contribution >= 0.6 is 11.8 Å². The summed E-state index contributed by atoms with van der Waals surface area (Å²) in [6.07, 6.45) is 1.81. The first-order valence-electron chi connectivity index (χ1n) is 8.65. The van der Waals surface area contributed by atoms with Crippen molar-refractivity contribution in [2.24, 2.45) is 14.1 Å². The van der Waals surface area contributed by atoms with Crippen LogP contribution in [0.5, 0.6) is 11.6 Å². The fraction of sp³-hybridized carbons (Fsp3) is 0.333. The summed E-state index contributed by atoms with van der Waals surface area (Å²) in [6.45, 7) is 2.43. The number of rotatable bonds is 8. The van der Waals surface area contributed by atoms with E-state index in [9.17, 15) is 4.79 Å². The Morgan fingerprint density at radius 3 is 2.79 bits per heavy atom. The number of ether oxygens (including phenoxy) is 2. The van der Waals surface area contributed by atoms with Crippen molar-refractivity contribution in [2.45, 2.75) is 12.1 Å². The summed E-state index contributed by atoms with van der Waals surface area (Å²) in [5, 5.41) is 16.1. The zero-order chi connectivity index (χ0) is 20.1. The smallest absolute Gasteiger partial charge is 0.243 e. The maximum atomic E-state index is 12.4. The number of carbonyl (C=O) groups excluding carboxylic acids is 1. The highest BCUT2D eigenvalue weighted by Gasteiger charge is 2.19. The van der Waals surface area contributed by atoms with E-state index in [0.29, 0.717) is 34.9 Å². The molecule has 1 amide bonds. The molecule has 0 saturated carbocycles. The van der Waals surface area contributed by atoms with Crippen LogP contribution in [0.3, 0.4) is 0 Å². The van der Waals surface area contributed by atoms with Crippen molar-refractivity contribution in [3.05, 3.63) is 30.5 Å². The molecule has 2 heterocycles.